The Morgan fingerprint density at radius 3 is 2.45 bits per heavy atom. The van der Waals surface area contributed by atoms with Gasteiger partial charge in [0.25, 0.3) is 0 Å². The molecule has 0 saturated heterocycles. The molecule has 0 bridgehead atoms. The molecule has 118 valence electrons. The molecule has 1 amide bonds. The molecule has 1 atom stereocenters. The summed E-state index contributed by atoms with van der Waals surface area (Å²) < 4.78 is 26.9. The van der Waals surface area contributed by atoms with Crippen molar-refractivity contribution in [2.75, 3.05) is 0 Å². The monoisotopic (exact) mass is 310 g/mol. The molecule has 2 N–H and O–H groups in total. The van der Waals surface area contributed by atoms with Crippen molar-refractivity contribution in [1.29, 1.82) is 5.26 Å². The van der Waals surface area contributed by atoms with Crippen LogP contribution in [0, 0.1) is 23.0 Å². The van der Waals surface area contributed by atoms with E-state index in [2.05, 4.69) is 5.32 Å². The summed E-state index contributed by atoms with van der Waals surface area (Å²) in [5.74, 6) is -3.69. The Morgan fingerprint density at radius 1 is 1.27 bits per heavy atom. The van der Waals surface area contributed by atoms with Crippen LogP contribution >= 0.6 is 0 Å². The fourth-order valence-electron chi connectivity index (χ4n) is 1.92. The second-order valence-electron chi connectivity index (χ2n) is 4.74. The number of carbonyl (C=O) groups is 2. The fraction of sp³-hybridized carbons (Fsp3) is 0.400. The second-order valence-corrected chi connectivity index (χ2v) is 4.74. The number of amides is 1. The van der Waals surface area contributed by atoms with Gasteiger partial charge in [0.2, 0.25) is 5.91 Å². The highest BCUT2D eigenvalue weighted by atomic mass is 19.1. The summed E-state index contributed by atoms with van der Waals surface area (Å²) in [5.41, 5.74) is -0.395. The van der Waals surface area contributed by atoms with Gasteiger partial charge in [0, 0.05) is 12.0 Å². The molecule has 0 spiro atoms. The van der Waals surface area contributed by atoms with Crippen molar-refractivity contribution in [3.8, 4) is 6.07 Å². The van der Waals surface area contributed by atoms with E-state index in [4.69, 9.17) is 10.4 Å². The minimum absolute atomic E-state index is 0.155. The molecule has 1 rings (SSSR count). The van der Waals surface area contributed by atoms with Gasteiger partial charge in [-0.25, -0.2) is 13.6 Å². The molecule has 0 aromatic heterocycles. The molecule has 0 aliphatic heterocycles. The maximum atomic E-state index is 13.4. The summed E-state index contributed by atoms with van der Waals surface area (Å²) in [5, 5.41) is 19.7. The summed E-state index contributed by atoms with van der Waals surface area (Å²) in [4.78, 5) is 22.8. The van der Waals surface area contributed by atoms with Crippen LogP contribution < -0.4 is 5.32 Å². The van der Waals surface area contributed by atoms with Gasteiger partial charge in [0.15, 0.2) is 0 Å². The third-order valence-corrected chi connectivity index (χ3v) is 3.06. The topological polar surface area (TPSA) is 90.2 Å². The summed E-state index contributed by atoms with van der Waals surface area (Å²) in [6.07, 6.45) is 0.876. The number of carbonyl (C=O) groups excluding carboxylic acids is 1. The number of carboxylic acids is 1. The van der Waals surface area contributed by atoms with Crippen LogP contribution in [0.25, 0.3) is 0 Å². The summed E-state index contributed by atoms with van der Waals surface area (Å²) >= 11 is 0. The number of hydrogen-bond acceptors (Lipinski definition) is 3. The number of carboxylic acid groups (broad SMARTS) is 1. The van der Waals surface area contributed by atoms with Crippen LogP contribution in [0.2, 0.25) is 0 Å². The van der Waals surface area contributed by atoms with Gasteiger partial charge < -0.3 is 10.4 Å². The molecule has 0 fully saturated rings. The van der Waals surface area contributed by atoms with Crippen molar-refractivity contribution in [2.24, 2.45) is 0 Å². The number of nitrogens with zero attached hydrogens (tertiary/aromatic N) is 1. The summed E-state index contributed by atoms with van der Waals surface area (Å²) in [6, 6.07) is 4.04. The van der Waals surface area contributed by atoms with E-state index in [0.29, 0.717) is 19.3 Å². The van der Waals surface area contributed by atoms with E-state index < -0.39 is 41.5 Å². The third-order valence-electron chi connectivity index (χ3n) is 3.06. The van der Waals surface area contributed by atoms with Crippen molar-refractivity contribution in [3.05, 3.63) is 35.4 Å². The zero-order valence-corrected chi connectivity index (χ0v) is 11.8. The largest absolute Gasteiger partial charge is 0.480 e. The minimum atomic E-state index is -1.22. The number of aliphatic carboxylic acids is 1. The maximum absolute atomic E-state index is 13.4. The number of halogens is 2. The van der Waals surface area contributed by atoms with Crippen molar-refractivity contribution in [1.82, 2.24) is 5.32 Å². The lowest BCUT2D eigenvalue weighted by atomic mass is 10.1. The zero-order chi connectivity index (χ0) is 16.5. The predicted octanol–water partition coefficient (Wildman–Crippen LogP) is 2.16. The molecule has 0 radical (unpaired) electrons. The fourth-order valence-corrected chi connectivity index (χ4v) is 1.92. The number of rotatable bonds is 8. The van der Waals surface area contributed by atoms with E-state index >= 15 is 0 Å². The average Bonchev–Trinajstić information content (AvgIpc) is 2.46. The highest BCUT2D eigenvalue weighted by Crippen LogP contribution is 2.13. The lowest BCUT2D eigenvalue weighted by molar-refractivity contribution is -0.142. The highest BCUT2D eigenvalue weighted by Gasteiger charge is 2.21. The van der Waals surface area contributed by atoms with Crippen LogP contribution in [0.5, 0.6) is 0 Å². The number of nitriles is 1. The predicted molar refractivity (Wildman–Crippen MR) is 73.7 cm³/mol. The zero-order valence-electron chi connectivity index (χ0n) is 11.8. The van der Waals surface area contributed by atoms with Crippen molar-refractivity contribution in [3.63, 3.8) is 0 Å². The smallest absolute Gasteiger partial charge is 0.326 e. The van der Waals surface area contributed by atoms with Gasteiger partial charge in [-0.15, -0.1) is 0 Å². The van der Waals surface area contributed by atoms with Crippen LogP contribution in [0.3, 0.4) is 0 Å². The van der Waals surface area contributed by atoms with Crippen molar-refractivity contribution >= 4 is 11.9 Å². The Labute approximate surface area is 126 Å². The van der Waals surface area contributed by atoms with E-state index in [0.717, 1.165) is 12.1 Å². The Morgan fingerprint density at radius 2 is 1.91 bits per heavy atom. The first-order chi connectivity index (χ1) is 10.5. The van der Waals surface area contributed by atoms with Gasteiger partial charge in [0.1, 0.15) is 17.7 Å². The molecule has 22 heavy (non-hydrogen) atoms. The molecule has 0 unspecified atom stereocenters. The number of benzene rings is 1. The first-order valence-corrected chi connectivity index (χ1v) is 6.77. The Bertz CT molecular complexity index is 564. The van der Waals surface area contributed by atoms with Crippen LogP contribution in [-0.2, 0) is 16.0 Å². The van der Waals surface area contributed by atoms with Crippen molar-refractivity contribution < 1.29 is 23.5 Å². The highest BCUT2D eigenvalue weighted by molar-refractivity contribution is 5.84. The molecule has 0 aliphatic carbocycles. The molecule has 0 heterocycles. The van der Waals surface area contributed by atoms with Crippen LogP contribution in [0.4, 0.5) is 8.78 Å². The van der Waals surface area contributed by atoms with Gasteiger partial charge in [-0.2, -0.15) is 5.26 Å². The Hall–Kier alpha value is -2.49. The van der Waals surface area contributed by atoms with E-state index in [1.54, 1.807) is 0 Å². The van der Waals surface area contributed by atoms with Gasteiger partial charge >= 0.3 is 5.97 Å². The summed E-state index contributed by atoms with van der Waals surface area (Å²) in [7, 11) is 0. The number of nitrogens with one attached hydrogen (secondary N) is 1. The first kappa shape index (κ1) is 17.6. The first-order valence-electron chi connectivity index (χ1n) is 6.77. The molecule has 5 nitrogen and oxygen atoms in total. The summed E-state index contributed by atoms with van der Waals surface area (Å²) in [6.45, 7) is 0. The lowest BCUT2D eigenvalue weighted by Gasteiger charge is -2.14. The van der Waals surface area contributed by atoms with E-state index in [-0.39, 0.29) is 6.42 Å². The van der Waals surface area contributed by atoms with Crippen LogP contribution in [0.1, 0.15) is 31.2 Å². The molecule has 1 aromatic rings. The molecule has 0 aliphatic rings. The SMILES string of the molecule is N#CCCCC[C@@H](NC(=O)Cc1c(F)cccc1F)C(=O)O. The molecular formula is C15H16F2N2O3. The number of unbranched alkanes of at least 4 members (excludes halogenated alkanes) is 2. The van der Waals surface area contributed by atoms with Gasteiger partial charge in [-0.1, -0.05) is 6.07 Å². The van der Waals surface area contributed by atoms with Gasteiger partial charge in [-0.3, -0.25) is 4.79 Å². The number of hydrogen-bond donors (Lipinski definition) is 2. The van der Waals surface area contributed by atoms with Crippen LogP contribution in [0.15, 0.2) is 18.2 Å². The Balaban J connectivity index is 2.60. The van der Waals surface area contributed by atoms with Crippen LogP contribution in [-0.4, -0.2) is 23.0 Å². The maximum Gasteiger partial charge on any atom is 0.326 e. The van der Waals surface area contributed by atoms with Gasteiger partial charge in [0.05, 0.1) is 12.5 Å². The quantitative estimate of drug-likeness (QED) is 0.720. The average molecular weight is 310 g/mol. The van der Waals surface area contributed by atoms with Gasteiger partial charge in [-0.05, 0) is 31.4 Å². The minimum Gasteiger partial charge on any atom is -0.480 e. The molecule has 0 saturated carbocycles. The third kappa shape index (κ3) is 5.48. The normalized spacial score (nSPS) is 11.5. The van der Waals surface area contributed by atoms with Crippen molar-refractivity contribution in [2.45, 2.75) is 38.1 Å². The van der Waals surface area contributed by atoms with E-state index in [1.165, 1.54) is 6.07 Å². The molecule has 1 aromatic carbocycles. The molecular weight excluding hydrogens is 294 g/mol. The van der Waals surface area contributed by atoms with E-state index in [1.807, 2.05) is 6.07 Å². The Kier molecular flexibility index (Phi) is 6.96. The van der Waals surface area contributed by atoms with E-state index in [9.17, 15) is 18.4 Å². The molecule has 7 heteroatoms. The lowest BCUT2D eigenvalue weighted by Crippen LogP contribution is -2.41. The standard InChI is InChI=1S/C15H16F2N2O3/c16-11-5-4-6-12(17)10(11)9-14(20)19-13(15(21)22)7-2-1-3-8-18/h4-6,13H,1-3,7,9H2,(H,19,20)(H,21,22)/t13-/m1/s1. The second kappa shape index (κ2) is 8.72.